The molecule has 2 fully saturated rings. The fraction of sp³-hybridized carbons (Fsp3) is 0.458. The number of thiazole rings is 1. The lowest BCUT2D eigenvalue weighted by atomic mass is 9.97. The number of aromatic nitrogens is 4. The summed E-state index contributed by atoms with van der Waals surface area (Å²) in [5.41, 5.74) is 2.71. The number of rotatable bonds is 9. The standard InChI is InChI=1S/C24H29N7O2S/c1-31-14-19(12-27-31)28-22(32)20(8-15-4-2-3-5-15)30-23(33)21-13-26-24(34-21)29-18-9-17(10-25-11-18)16-6-7-16/h9-16,20H,2-8H2,1H3,(H,26,29)(H,28,32)(H,30,33)/t20-/m0/s1. The maximum Gasteiger partial charge on any atom is 0.263 e. The van der Waals surface area contributed by atoms with E-state index in [9.17, 15) is 9.59 Å². The van der Waals surface area contributed by atoms with Crippen molar-refractivity contribution in [3.63, 3.8) is 0 Å². The van der Waals surface area contributed by atoms with Crippen molar-refractivity contribution in [3.8, 4) is 0 Å². The van der Waals surface area contributed by atoms with Crippen LogP contribution in [0.1, 0.15) is 66.1 Å². The Balaban J connectivity index is 1.24. The molecule has 3 N–H and O–H groups in total. The number of nitrogens with zero attached hydrogens (tertiary/aromatic N) is 4. The van der Waals surface area contributed by atoms with E-state index in [1.165, 1.54) is 42.6 Å². The number of amides is 2. The Morgan fingerprint density at radius 1 is 1.12 bits per heavy atom. The molecule has 0 unspecified atom stereocenters. The van der Waals surface area contributed by atoms with Gasteiger partial charge in [0, 0.05) is 19.4 Å². The predicted molar refractivity (Wildman–Crippen MR) is 131 cm³/mol. The largest absolute Gasteiger partial charge is 0.339 e. The zero-order valence-corrected chi connectivity index (χ0v) is 20.0. The molecule has 2 amide bonds. The molecule has 3 heterocycles. The third-order valence-corrected chi connectivity index (χ3v) is 7.34. The number of hydrogen-bond donors (Lipinski definition) is 3. The maximum absolute atomic E-state index is 13.0. The van der Waals surface area contributed by atoms with Crippen molar-refractivity contribution in [1.82, 2.24) is 25.1 Å². The highest BCUT2D eigenvalue weighted by atomic mass is 32.1. The van der Waals surface area contributed by atoms with E-state index < -0.39 is 6.04 Å². The van der Waals surface area contributed by atoms with E-state index in [4.69, 9.17) is 0 Å². The number of nitrogens with one attached hydrogen (secondary N) is 3. The van der Waals surface area contributed by atoms with Gasteiger partial charge < -0.3 is 16.0 Å². The van der Waals surface area contributed by atoms with Crippen LogP contribution in [0.15, 0.2) is 37.1 Å². The first kappa shape index (κ1) is 22.5. The predicted octanol–water partition coefficient (Wildman–Crippen LogP) is 4.21. The average molecular weight is 480 g/mol. The van der Waals surface area contributed by atoms with Gasteiger partial charge in [0.25, 0.3) is 5.91 Å². The van der Waals surface area contributed by atoms with Gasteiger partial charge in [-0.25, -0.2) is 4.98 Å². The Morgan fingerprint density at radius 3 is 2.68 bits per heavy atom. The lowest BCUT2D eigenvalue weighted by Gasteiger charge is -2.20. The van der Waals surface area contributed by atoms with Crippen LogP contribution in [-0.4, -0.2) is 37.6 Å². The van der Waals surface area contributed by atoms with Crippen molar-refractivity contribution in [2.75, 3.05) is 10.6 Å². The van der Waals surface area contributed by atoms with Gasteiger partial charge in [0.05, 0.1) is 30.0 Å². The van der Waals surface area contributed by atoms with Gasteiger partial charge in [0.15, 0.2) is 5.13 Å². The van der Waals surface area contributed by atoms with E-state index >= 15 is 0 Å². The van der Waals surface area contributed by atoms with Gasteiger partial charge in [-0.1, -0.05) is 37.0 Å². The van der Waals surface area contributed by atoms with Gasteiger partial charge in [-0.15, -0.1) is 0 Å². The van der Waals surface area contributed by atoms with Crippen molar-refractivity contribution >= 4 is 39.7 Å². The van der Waals surface area contributed by atoms with E-state index in [1.807, 2.05) is 6.20 Å². The van der Waals surface area contributed by atoms with E-state index in [-0.39, 0.29) is 11.8 Å². The van der Waals surface area contributed by atoms with Crippen LogP contribution in [0, 0.1) is 5.92 Å². The molecule has 178 valence electrons. The van der Waals surface area contributed by atoms with Crippen molar-refractivity contribution in [1.29, 1.82) is 0 Å². The summed E-state index contributed by atoms with van der Waals surface area (Å²) >= 11 is 1.26. The molecule has 0 spiro atoms. The zero-order valence-electron chi connectivity index (χ0n) is 19.2. The van der Waals surface area contributed by atoms with Crippen molar-refractivity contribution in [2.45, 2.75) is 56.9 Å². The molecule has 2 saturated carbocycles. The van der Waals surface area contributed by atoms with Gasteiger partial charge in [-0.3, -0.25) is 19.3 Å². The third kappa shape index (κ3) is 5.61. The second-order valence-electron chi connectivity index (χ2n) is 9.24. The van der Waals surface area contributed by atoms with Gasteiger partial charge >= 0.3 is 0 Å². The highest BCUT2D eigenvalue weighted by molar-refractivity contribution is 7.17. The van der Waals surface area contributed by atoms with Crippen LogP contribution in [-0.2, 0) is 11.8 Å². The second-order valence-corrected chi connectivity index (χ2v) is 10.3. The highest BCUT2D eigenvalue weighted by Crippen LogP contribution is 2.40. The summed E-state index contributed by atoms with van der Waals surface area (Å²) < 4.78 is 1.63. The molecular weight excluding hydrogens is 450 g/mol. The zero-order chi connectivity index (χ0) is 23.5. The minimum Gasteiger partial charge on any atom is -0.339 e. The first-order valence-corrected chi connectivity index (χ1v) is 12.6. The Bertz CT molecular complexity index is 1160. The fourth-order valence-corrected chi connectivity index (χ4v) is 5.22. The van der Waals surface area contributed by atoms with Crippen molar-refractivity contribution < 1.29 is 9.59 Å². The number of aryl methyl sites for hydroxylation is 1. The smallest absolute Gasteiger partial charge is 0.263 e. The van der Waals surface area contributed by atoms with E-state index in [2.05, 4.69) is 37.1 Å². The molecule has 3 aromatic heterocycles. The van der Waals surface area contributed by atoms with Crippen LogP contribution in [0.5, 0.6) is 0 Å². The summed E-state index contributed by atoms with van der Waals surface area (Å²) in [6.07, 6.45) is 16.1. The molecule has 10 heteroatoms. The van der Waals surface area contributed by atoms with Crippen LogP contribution >= 0.6 is 11.3 Å². The maximum atomic E-state index is 13.0. The summed E-state index contributed by atoms with van der Waals surface area (Å²) in [5, 5.41) is 13.8. The van der Waals surface area contributed by atoms with E-state index in [0.29, 0.717) is 34.0 Å². The quantitative estimate of drug-likeness (QED) is 0.424. The Labute approximate surface area is 202 Å². The van der Waals surface area contributed by atoms with Crippen molar-refractivity contribution in [2.24, 2.45) is 13.0 Å². The molecule has 1 atom stereocenters. The van der Waals surface area contributed by atoms with Crippen LogP contribution in [0.4, 0.5) is 16.5 Å². The second kappa shape index (κ2) is 9.92. The molecule has 9 nitrogen and oxygen atoms in total. The lowest BCUT2D eigenvalue weighted by molar-refractivity contribution is -0.118. The lowest BCUT2D eigenvalue weighted by Crippen LogP contribution is -2.44. The highest BCUT2D eigenvalue weighted by Gasteiger charge is 2.28. The first-order valence-electron chi connectivity index (χ1n) is 11.8. The van der Waals surface area contributed by atoms with Crippen LogP contribution < -0.4 is 16.0 Å². The Morgan fingerprint density at radius 2 is 1.94 bits per heavy atom. The number of carbonyl (C=O) groups is 2. The van der Waals surface area contributed by atoms with Crippen LogP contribution in [0.3, 0.4) is 0 Å². The number of anilines is 3. The summed E-state index contributed by atoms with van der Waals surface area (Å²) in [4.78, 5) is 35.2. The number of pyridine rings is 1. The summed E-state index contributed by atoms with van der Waals surface area (Å²) in [6.45, 7) is 0. The van der Waals surface area contributed by atoms with Gasteiger partial charge in [0.1, 0.15) is 10.9 Å². The minimum absolute atomic E-state index is 0.223. The summed E-state index contributed by atoms with van der Waals surface area (Å²) in [7, 11) is 1.79. The SMILES string of the molecule is Cn1cc(NC(=O)[C@H](CC2CCCC2)NC(=O)c2cnc(Nc3cncc(C4CC4)c3)s2)cn1. The normalized spacial score (nSPS) is 16.9. The molecule has 0 bridgehead atoms. The third-order valence-electron chi connectivity index (χ3n) is 6.43. The molecular formula is C24H29N7O2S. The first-order chi connectivity index (χ1) is 16.5. The molecule has 2 aliphatic carbocycles. The van der Waals surface area contributed by atoms with Gasteiger partial charge in [-0.05, 0) is 42.7 Å². The molecule has 3 aromatic rings. The fourth-order valence-electron chi connectivity index (χ4n) is 4.48. The monoisotopic (exact) mass is 479 g/mol. The molecule has 5 rings (SSSR count). The van der Waals surface area contributed by atoms with Gasteiger partial charge in [-0.2, -0.15) is 5.10 Å². The molecule has 0 aliphatic heterocycles. The Hall–Kier alpha value is -3.27. The van der Waals surface area contributed by atoms with E-state index in [1.54, 1.807) is 36.5 Å². The van der Waals surface area contributed by atoms with Crippen LogP contribution in [0.25, 0.3) is 0 Å². The molecule has 34 heavy (non-hydrogen) atoms. The van der Waals surface area contributed by atoms with Crippen LogP contribution in [0.2, 0.25) is 0 Å². The average Bonchev–Trinajstić information content (AvgIpc) is 3.16. The number of carbonyl (C=O) groups excluding carboxylic acids is 2. The van der Waals surface area contributed by atoms with Gasteiger partial charge in [0.2, 0.25) is 5.91 Å². The molecule has 0 aromatic carbocycles. The summed E-state index contributed by atoms with van der Waals surface area (Å²) in [6, 6.07) is 1.47. The molecule has 0 radical (unpaired) electrons. The molecule has 0 saturated heterocycles. The number of hydrogen-bond acceptors (Lipinski definition) is 7. The Kier molecular flexibility index (Phi) is 6.57. The minimum atomic E-state index is -0.617. The topological polar surface area (TPSA) is 114 Å². The van der Waals surface area contributed by atoms with E-state index in [0.717, 1.165) is 18.5 Å². The summed E-state index contributed by atoms with van der Waals surface area (Å²) in [5.74, 6) is 0.537. The molecule has 2 aliphatic rings. The van der Waals surface area contributed by atoms with Crippen molar-refractivity contribution in [3.05, 3.63) is 47.5 Å².